The van der Waals surface area contributed by atoms with Crippen LogP contribution in [0.3, 0.4) is 0 Å². The van der Waals surface area contributed by atoms with Crippen LogP contribution in [-0.2, 0) is 4.79 Å². The molecule has 0 spiro atoms. The van der Waals surface area contributed by atoms with Crippen molar-refractivity contribution in [1.29, 1.82) is 0 Å². The lowest BCUT2D eigenvalue weighted by Gasteiger charge is -2.33. The number of hydrogen-bond donors (Lipinski definition) is 1. The molecule has 3 heteroatoms. The highest BCUT2D eigenvalue weighted by Gasteiger charge is 2.26. The maximum absolute atomic E-state index is 12.5. The maximum atomic E-state index is 12.5. The van der Waals surface area contributed by atoms with Crippen LogP contribution in [0.25, 0.3) is 0 Å². The van der Waals surface area contributed by atoms with E-state index in [1.165, 1.54) is 25.7 Å². The zero-order chi connectivity index (χ0) is 13.9. The molecule has 0 saturated heterocycles. The minimum absolute atomic E-state index is 0.0742. The lowest BCUT2D eigenvalue weighted by atomic mass is 9.96. The van der Waals surface area contributed by atoms with E-state index in [-0.39, 0.29) is 11.9 Å². The zero-order valence-electron chi connectivity index (χ0n) is 12.1. The molecule has 1 unspecified atom stereocenters. The fourth-order valence-corrected chi connectivity index (χ4v) is 3.61. The Hall–Kier alpha value is -1.35. The van der Waals surface area contributed by atoms with E-state index in [2.05, 4.69) is 6.07 Å². The number of para-hydroxylation sites is 1. The first-order chi connectivity index (χ1) is 9.75. The molecule has 1 aromatic rings. The average Bonchev–Trinajstić information content (AvgIpc) is 2.99. The third-order valence-corrected chi connectivity index (χ3v) is 4.83. The predicted octanol–water partition coefficient (Wildman–Crippen LogP) is 3.39. The smallest absolute Gasteiger partial charge is 0.226 e. The molecule has 1 fully saturated rings. The van der Waals surface area contributed by atoms with Crippen molar-refractivity contribution in [3.63, 3.8) is 0 Å². The summed E-state index contributed by atoms with van der Waals surface area (Å²) >= 11 is 0. The maximum Gasteiger partial charge on any atom is 0.226 e. The molecule has 3 nitrogen and oxygen atoms in total. The molecule has 1 aromatic carbocycles. The summed E-state index contributed by atoms with van der Waals surface area (Å²) < 4.78 is 0. The Kier molecular flexibility index (Phi) is 4.06. The number of hydrogen-bond acceptors (Lipinski definition) is 2. The van der Waals surface area contributed by atoms with Crippen molar-refractivity contribution in [2.75, 3.05) is 11.4 Å². The van der Waals surface area contributed by atoms with Gasteiger partial charge >= 0.3 is 0 Å². The molecule has 1 aliphatic heterocycles. The normalized spacial score (nSPS) is 22.9. The van der Waals surface area contributed by atoms with Gasteiger partial charge in [-0.05, 0) is 30.4 Å². The second kappa shape index (κ2) is 5.96. The van der Waals surface area contributed by atoms with Crippen LogP contribution in [0.15, 0.2) is 24.3 Å². The van der Waals surface area contributed by atoms with E-state index in [1.54, 1.807) is 0 Å². The first kappa shape index (κ1) is 13.6. The number of carbonyl (C=O) groups is 1. The Morgan fingerprint density at radius 3 is 2.75 bits per heavy atom. The van der Waals surface area contributed by atoms with E-state index in [9.17, 15) is 4.79 Å². The van der Waals surface area contributed by atoms with Gasteiger partial charge in [0.1, 0.15) is 0 Å². The highest BCUT2D eigenvalue weighted by Crippen LogP contribution is 2.34. The summed E-state index contributed by atoms with van der Waals surface area (Å²) in [7, 11) is 0. The number of carbonyl (C=O) groups excluding carboxylic acids is 1. The lowest BCUT2D eigenvalue weighted by Crippen LogP contribution is -2.38. The summed E-state index contributed by atoms with van der Waals surface area (Å²) in [5.41, 5.74) is 8.29. The van der Waals surface area contributed by atoms with Gasteiger partial charge in [0, 0.05) is 24.7 Å². The molecular formula is C17H24N2O. The number of benzene rings is 1. The number of fused-ring (bicyclic) bond motifs is 1. The van der Waals surface area contributed by atoms with Gasteiger partial charge in [-0.2, -0.15) is 0 Å². The van der Waals surface area contributed by atoms with Crippen molar-refractivity contribution in [3.8, 4) is 0 Å². The molecule has 2 N–H and O–H groups in total. The van der Waals surface area contributed by atoms with E-state index in [1.807, 2.05) is 23.1 Å². The minimum atomic E-state index is 0.0742. The zero-order valence-corrected chi connectivity index (χ0v) is 12.1. The van der Waals surface area contributed by atoms with E-state index < -0.39 is 0 Å². The summed E-state index contributed by atoms with van der Waals surface area (Å²) in [5.74, 6) is 1.05. The molecule has 1 saturated carbocycles. The van der Waals surface area contributed by atoms with Crippen LogP contribution >= 0.6 is 0 Å². The fourth-order valence-electron chi connectivity index (χ4n) is 3.61. The van der Waals surface area contributed by atoms with Gasteiger partial charge in [0.15, 0.2) is 0 Å². The first-order valence-corrected chi connectivity index (χ1v) is 7.90. The second-order valence-corrected chi connectivity index (χ2v) is 6.19. The molecule has 1 amide bonds. The number of rotatable bonds is 3. The largest absolute Gasteiger partial charge is 0.324 e. The Labute approximate surface area is 121 Å². The topological polar surface area (TPSA) is 46.3 Å². The van der Waals surface area contributed by atoms with Gasteiger partial charge in [0.05, 0.1) is 0 Å². The molecule has 2 aliphatic rings. The predicted molar refractivity (Wildman–Crippen MR) is 81.5 cm³/mol. The first-order valence-electron chi connectivity index (χ1n) is 7.90. The van der Waals surface area contributed by atoms with E-state index >= 15 is 0 Å². The fraction of sp³-hybridized carbons (Fsp3) is 0.588. The van der Waals surface area contributed by atoms with Crippen LogP contribution in [0.1, 0.15) is 56.6 Å². The molecule has 1 aliphatic carbocycles. The average molecular weight is 272 g/mol. The Bertz CT molecular complexity index is 480. The third-order valence-electron chi connectivity index (χ3n) is 4.83. The summed E-state index contributed by atoms with van der Waals surface area (Å²) in [6, 6.07) is 8.16. The van der Waals surface area contributed by atoms with Crippen LogP contribution in [0.2, 0.25) is 0 Å². The van der Waals surface area contributed by atoms with Gasteiger partial charge in [-0.1, -0.05) is 43.9 Å². The highest BCUT2D eigenvalue weighted by molar-refractivity contribution is 5.94. The monoisotopic (exact) mass is 272 g/mol. The van der Waals surface area contributed by atoms with Crippen LogP contribution < -0.4 is 10.6 Å². The Morgan fingerprint density at radius 1 is 1.20 bits per heavy atom. The van der Waals surface area contributed by atoms with Crippen molar-refractivity contribution < 1.29 is 4.79 Å². The quantitative estimate of drug-likeness (QED) is 0.916. The Balaban J connectivity index is 1.67. The van der Waals surface area contributed by atoms with Crippen LogP contribution in [0.4, 0.5) is 5.69 Å². The number of nitrogens with two attached hydrogens (primary N) is 1. The van der Waals surface area contributed by atoms with Crippen molar-refractivity contribution >= 4 is 11.6 Å². The van der Waals surface area contributed by atoms with Crippen LogP contribution in [0, 0.1) is 5.92 Å². The molecule has 20 heavy (non-hydrogen) atoms. The van der Waals surface area contributed by atoms with Gasteiger partial charge < -0.3 is 10.6 Å². The van der Waals surface area contributed by atoms with Crippen molar-refractivity contribution in [2.24, 2.45) is 11.7 Å². The van der Waals surface area contributed by atoms with Crippen molar-refractivity contribution in [2.45, 2.75) is 51.0 Å². The molecule has 0 bridgehead atoms. The molecule has 0 radical (unpaired) electrons. The van der Waals surface area contributed by atoms with Crippen LogP contribution in [-0.4, -0.2) is 12.5 Å². The van der Waals surface area contributed by atoms with Gasteiger partial charge in [0.2, 0.25) is 5.91 Å². The molecule has 1 heterocycles. The summed E-state index contributed by atoms with van der Waals surface area (Å²) in [6.07, 6.45) is 7.94. The van der Waals surface area contributed by atoms with Crippen LogP contribution in [0.5, 0.6) is 0 Å². The van der Waals surface area contributed by atoms with E-state index in [0.29, 0.717) is 6.42 Å². The van der Waals surface area contributed by atoms with Crippen molar-refractivity contribution in [3.05, 3.63) is 29.8 Å². The van der Waals surface area contributed by atoms with Gasteiger partial charge in [-0.15, -0.1) is 0 Å². The van der Waals surface area contributed by atoms with Gasteiger partial charge in [0.25, 0.3) is 0 Å². The third kappa shape index (κ3) is 2.73. The standard InChI is InChI=1S/C17H24N2O/c18-15-11-12-19(16-8-4-3-7-14(15)16)17(20)10-9-13-5-1-2-6-13/h3-4,7-8,13,15H,1-2,5-6,9-12,18H2. The summed E-state index contributed by atoms with van der Waals surface area (Å²) in [6.45, 7) is 0.766. The molecule has 1 atom stereocenters. The van der Waals surface area contributed by atoms with Gasteiger partial charge in [-0.25, -0.2) is 0 Å². The number of nitrogens with zero attached hydrogens (tertiary/aromatic N) is 1. The summed E-state index contributed by atoms with van der Waals surface area (Å²) in [4.78, 5) is 14.5. The van der Waals surface area contributed by atoms with Crippen molar-refractivity contribution in [1.82, 2.24) is 0 Å². The summed E-state index contributed by atoms with van der Waals surface area (Å²) in [5, 5.41) is 0. The second-order valence-electron chi connectivity index (χ2n) is 6.19. The number of anilines is 1. The lowest BCUT2D eigenvalue weighted by molar-refractivity contribution is -0.119. The minimum Gasteiger partial charge on any atom is -0.324 e. The molecule has 3 rings (SSSR count). The molecular weight excluding hydrogens is 248 g/mol. The number of amides is 1. The SMILES string of the molecule is NC1CCN(C(=O)CCC2CCCC2)c2ccccc21. The van der Waals surface area contributed by atoms with E-state index in [0.717, 1.165) is 36.6 Å². The Morgan fingerprint density at radius 2 is 1.95 bits per heavy atom. The van der Waals surface area contributed by atoms with Gasteiger partial charge in [-0.3, -0.25) is 4.79 Å². The highest BCUT2D eigenvalue weighted by atomic mass is 16.2. The van der Waals surface area contributed by atoms with E-state index in [4.69, 9.17) is 5.73 Å². The molecule has 0 aromatic heterocycles. The molecule has 108 valence electrons.